The van der Waals surface area contributed by atoms with E-state index in [1.807, 2.05) is 37.3 Å². The number of thiophene rings is 1. The molecule has 4 rings (SSSR count). The van der Waals surface area contributed by atoms with Crippen LogP contribution >= 0.6 is 11.3 Å². The zero-order chi connectivity index (χ0) is 19.0. The molecule has 0 bridgehead atoms. The van der Waals surface area contributed by atoms with Crippen LogP contribution in [-0.2, 0) is 11.3 Å². The van der Waals surface area contributed by atoms with Crippen LogP contribution < -0.4 is 15.6 Å². The van der Waals surface area contributed by atoms with Crippen molar-refractivity contribution in [1.82, 2.24) is 14.9 Å². The standard InChI is InChI=1S/C20H21N3O3S/c1-12(13-3-4-13)22-18(24)10-23-11-21-16-9-17(27-19(16)20(23)25)14-5-7-15(26-2)8-6-14/h5-9,11-13H,3-4,10H2,1-2H3,(H,22,24). The first-order chi connectivity index (χ1) is 13.0. The highest BCUT2D eigenvalue weighted by Crippen LogP contribution is 2.32. The van der Waals surface area contributed by atoms with Gasteiger partial charge in [-0.15, -0.1) is 11.3 Å². The number of hydrogen-bond donors (Lipinski definition) is 1. The number of benzene rings is 1. The number of nitrogens with one attached hydrogen (secondary N) is 1. The molecule has 1 amide bonds. The molecule has 6 nitrogen and oxygen atoms in total. The number of amides is 1. The van der Waals surface area contributed by atoms with Crippen LogP contribution in [0.2, 0.25) is 0 Å². The van der Waals surface area contributed by atoms with Gasteiger partial charge in [0.25, 0.3) is 5.56 Å². The fourth-order valence-electron chi connectivity index (χ4n) is 3.12. The topological polar surface area (TPSA) is 73.2 Å². The number of aromatic nitrogens is 2. The predicted octanol–water partition coefficient (Wildman–Crippen LogP) is 3.05. The van der Waals surface area contributed by atoms with E-state index in [0.29, 0.717) is 16.1 Å². The van der Waals surface area contributed by atoms with E-state index in [2.05, 4.69) is 10.3 Å². The molecule has 1 atom stereocenters. The van der Waals surface area contributed by atoms with E-state index < -0.39 is 0 Å². The van der Waals surface area contributed by atoms with E-state index in [1.54, 1.807) is 7.11 Å². The van der Waals surface area contributed by atoms with E-state index in [4.69, 9.17) is 4.74 Å². The number of ether oxygens (including phenoxy) is 1. The summed E-state index contributed by atoms with van der Waals surface area (Å²) < 4.78 is 7.12. The molecule has 1 aliphatic rings. The Morgan fingerprint density at radius 3 is 2.78 bits per heavy atom. The van der Waals surface area contributed by atoms with Crippen molar-refractivity contribution < 1.29 is 9.53 Å². The van der Waals surface area contributed by atoms with Gasteiger partial charge in [0.2, 0.25) is 5.91 Å². The molecule has 140 valence electrons. The lowest BCUT2D eigenvalue weighted by Gasteiger charge is -2.13. The smallest absolute Gasteiger partial charge is 0.271 e. The predicted molar refractivity (Wildman–Crippen MR) is 106 cm³/mol. The van der Waals surface area contributed by atoms with Crippen molar-refractivity contribution in [1.29, 1.82) is 0 Å². The summed E-state index contributed by atoms with van der Waals surface area (Å²) in [7, 11) is 1.63. The number of fused-ring (bicyclic) bond motifs is 1. The summed E-state index contributed by atoms with van der Waals surface area (Å²) >= 11 is 1.39. The van der Waals surface area contributed by atoms with Gasteiger partial charge in [0.15, 0.2) is 0 Å². The molecule has 1 saturated carbocycles. The molecule has 27 heavy (non-hydrogen) atoms. The van der Waals surface area contributed by atoms with E-state index in [9.17, 15) is 9.59 Å². The van der Waals surface area contributed by atoms with Gasteiger partial charge in [-0.1, -0.05) is 0 Å². The van der Waals surface area contributed by atoms with Crippen LogP contribution in [0.5, 0.6) is 5.75 Å². The number of methoxy groups -OCH3 is 1. The summed E-state index contributed by atoms with van der Waals surface area (Å²) in [6, 6.07) is 9.74. The number of carbonyl (C=O) groups is 1. The van der Waals surface area contributed by atoms with Gasteiger partial charge in [0.05, 0.1) is 19.0 Å². The molecule has 1 fully saturated rings. The Morgan fingerprint density at radius 2 is 2.11 bits per heavy atom. The second-order valence-corrected chi connectivity index (χ2v) is 7.98. The molecule has 2 aromatic heterocycles. The number of carbonyl (C=O) groups excluding carboxylic acids is 1. The van der Waals surface area contributed by atoms with Crippen LogP contribution in [0, 0.1) is 5.92 Å². The third-order valence-electron chi connectivity index (χ3n) is 4.91. The van der Waals surface area contributed by atoms with E-state index in [0.717, 1.165) is 29.0 Å². The molecule has 1 N–H and O–H groups in total. The minimum atomic E-state index is -0.181. The van der Waals surface area contributed by atoms with Gasteiger partial charge >= 0.3 is 0 Å². The molecule has 1 aromatic carbocycles. The third-order valence-corrected chi connectivity index (χ3v) is 6.07. The molecular formula is C20H21N3O3S. The highest BCUT2D eigenvalue weighted by Gasteiger charge is 2.28. The quantitative estimate of drug-likeness (QED) is 0.710. The summed E-state index contributed by atoms with van der Waals surface area (Å²) in [4.78, 5) is 30.3. The van der Waals surface area contributed by atoms with Gasteiger partial charge in [0, 0.05) is 10.9 Å². The molecule has 1 unspecified atom stereocenters. The minimum Gasteiger partial charge on any atom is -0.497 e. The average Bonchev–Trinajstić information content (AvgIpc) is 3.43. The molecule has 0 saturated heterocycles. The Hall–Kier alpha value is -2.67. The van der Waals surface area contributed by atoms with Gasteiger partial charge in [0.1, 0.15) is 17.0 Å². The van der Waals surface area contributed by atoms with Crippen LogP contribution in [-0.4, -0.2) is 28.6 Å². The second-order valence-electron chi connectivity index (χ2n) is 6.92. The SMILES string of the molecule is COc1ccc(-c2cc3ncn(CC(=O)NC(C)C4CC4)c(=O)c3s2)cc1. The Kier molecular flexibility index (Phi) is 4.70. The first kappa shape index (κ1) is 17.7. The Balaban J connectivity index is 1.57. The molecule has 7 heteroatoms. The maximum absolute atomic E-state index is 12.8. The van der Waals surface area contributed by atoms with Crippen LogP contribution in [0.15, 0.2) is 41.5 Å². The van der Waals surface area contributed by atoms with Crippen molar-refractivity contribution in [2.75, 3.05) is 7.11 Å². The molecule has 0 aliphatic heterocycles. The van der Waals surface area contributed by atoms with Crippen LogP contribution in [0.4, 0.5) is 0 Å². The first-order valence-corrected chi connectivity index (χ1v) is 9.79. The monoisotopic (exact) mass is 383 g/mol. The van der Waals surface area contributed by atoms with Crippen molar-refractivity contribution >= 4 is 27.5 Å². The Labute approximate surface area is 160 Å². The van der Waals surface area contributed by atoms with Gasteiger partial charge in [-0.2, -0.15) is 0 Å². The van der Waals surface area contributed by atoms with Crippen LogP contribution in [0.1, 0.15) is 19.8 Å². The summed E-state index contributed by atoms with van der Waals surface area (Å²) in [5, 5.41) is 2.97. The fourth-order valence-corrected chi connectivity index (χ4v) is 4.19. The number of rotatable bonds is 6. The van der Waals surface area contributed by atoms with Gasteiger partial charge in [-0.25, -0.2) is 4.98 Å². The molecule has 3 aromatic rings. The van der Waals surface area contributed by atoms with E-state index >= 15 is 0 Å². The fraction of sp³-hybridized carbons (Fsp3) is 0.350. The largest absolute Gasteiger partial charge is 0.497 e. The van der Waals surface area contributed by atoms with Crippen molar-refractivity contribution in [3.8, 4) is 16.2 Å². The molecular weight excluding hydrogens is 362 g/mol. The Morgan fingerprint density at radius 1 is 1.37 bits per heavy atom. The third kappa shape index (κ3) is 3.73. The second kappa shape index (κ2) is 7.15. The average molecular weight is 383 g/mol. The summed E-state index contributed by atoms with van der Waals surface area (Å²) in [6.45, 7) is 2.01. The molecule has 0 radical (unpaired) electrons. The lowest BCUT2D eigenvalue weighted by atomic mass is 10.2. The lowest BCUT2D eigenvalue weighted by Crippen LogP contribution is -2.38. The summed E-state index contributed by atoms with van der Waals surface area (Å²) in [5.41, 5.74) is 1.47. The van der Waals surface area contributed by atoms with Crippen LogP contribution in [0.3, 0.4) is 0 Å². The maximum atomic E-state index is 12.8. The zero-order valence-electron chi connectivity index (χ0n) is 15.3. The van der Waals surface area contributed by atoms with Gasteiger partial charge in [-0.05, 0) is 61.6 Å². The summed E-state index contributed by atoms with van der Waals surface area (Å²) in [6.07, 6.45) is 3.78. The van der Waals surface area contributed by atoms with E-state index in [-0.39, 0.29) is 24.1 Å². The highest BCUT2D eigenvalue weighted by molar-refractivity contribution is 7.22. The van der Waals surface area contributed by atoms with Crippen molar-refractivity contribution in [3.05, 3.63) is 47.0 Å². The van der Waals surface area contributed by atoms with E-state index in [1.165, 1.54) is 22.2 Å². The van der Waals surface area contributed by atoms with Crippen LogP contribution in [0.25, 0.3) is 20.7 Å². The number of nitrogens with zero attached hydrogens (tertiary/aromatic N) is 2. The van der Waals surface area contributed by atoms with Gasteiger partial charge < -0.3 is 10.1 Å². The zero-order valence-corrected chi connectivity index (χ0v) is 16.1. The van der Waals surface area contributed by atoms with Crippen molar-refractivity contribution in [2.24, 2.45) is 5.92 Å². The Bertz CT molecular complexity index is 1030. The highest BCUT2D eigenvalue weighted by atomic mass is 32.1. The summed E-state index contributed by atoms with van der Waals surface area (Å²) in [5.74, 6) is 1.21. The lowest BCUT2D eigenvalue weighted by molar-refractivity contribution is -0.122. The normalized spacial score (nSPS) is 14.9. The molecule has 2 heterocycles. The van der Waals surface area contributed by atoms with Crippen molar-refractivity contribution in [2.45, 2.75) is 32.4 Å². The molecule has 1 aliphatic carbocycles. The van der Waals surface area contributed by atoms with Crippen molar-refractivity contribution in [3.63, 3.8) is 0 Å². The molecule has 0 spiro atoms. The minimum absolute atomic E-state index is 0.00535. The number of hydrogen-bond acceptors (Lipinski definition) is 5. The first-order valence-electron chi connectivity index (χ1n) is 8.98. The van der Waals surface area contributed by atoms with Gasteiger partial charge in [-0.3, -0.25) is 14.2 Å². The maximum Gasteiger partial charge on any atom is 0.271 e.